The molecule has 0 radical (unpaired) electrons. The molecule has 0 atom stereocenters. The molecule has 2 aliphatic heterocycles. The highest BCUT2D eigenvalue weighted by Crippen LogP contribution is 2.20. The average Bonchev–Trinajstić information content (AvgIpc) is 2.57. The molecule has 3 rings (SSSR count). The fraction of sp³-hybridized carbons (Fsp3) is 0.588. The molecule has 120 valence electrons. The fourth-order valence-electron chi connectivity index (χ4n) is 3.19. The molecule has 0 saturated carbocycles. The van der Waals surface area contributed by atoms with E-state index in [0.29, 0.717) is 5.92 Å². The second-order valence-corrected chi connectivity index (χ2v) is 6.14. The molecular formula is C17H25N3O2. The number of hydrogen-bond acceptors (Lipinski definition) is 3. The van der Waals surface area contributed by atoms with Crippen LogP contribution in [0.15, 0.2) is 30.3 Å². The molecule has 0 bridgehead atoms. The van der Waals surface area contributed by atoms with Crippen LogP contribution in [0.3, 0.4) is 0 Å². The van der Waals surface area contributed by atoms with E-state index < -0.39 is 0 Å². The quantitative estimate of drug-likeness (QED) is 0.931. The van der Waals surface area contributed by atoms with E-state index in [1.165, 1.54) is 0 Å². The van der Waals surface area contributed by atoms with Gasteiger partial charge in [0.15, 0.2) is 0 Å². The lowest BCUT2D eigenvalue weighted by atomic mass is 9.96. The number of ether oxygens (including phenoxy) is 1. The van der Waals surface area contributed by atoms with Crippen LogP contribution in [-0.4, -0.2) is 61.8 Å². The van der Waals surface area contributed by atoms with Crippen molar-refractivity contribution >= 4 is 11.7 Å². The molecule has 0 aliphatic carbocycles. The molecule has 0 spiro atoms. The summed E-state index contributed by atoms with van der Waals surface area (Å²) in [5, 5.41) is 2.97. The Hall–Kier alpha value is -1.59. The molecule has 5 nitrogen and oxygen atoms in total. The third kappa shape index (κ3) is 4.21. The standard InChI is InChI=1S/C17H25N3O2/c21-17(18-16-4-2-1-3-5-16)20-8-6-15(7-9-20)14-19-10-12-22-13-11-19/h1-5,15H,6-14H2,(H,18,21). The van der Waals surface area contributed by atoms with E-state index in [-0.39, 0.29) is 6.03 Å². The van der Waals surface area contributed by atoms with Crippen LogP contribution in [0.4, 0.5) is 10.5 Å². The summed E-state index contributed by atoms with van der Waals surface area (Å²) in [6.07, 6.45) is 2.19. The second-order valence-electron chi connectivity index (χ2n) is 6.14. The topological polar surface area (TPSA) is 44.8 Å². The predicted octanol–water partition coefficient (Wildman–Crippen LogP) is 2.26. The van der Waals surface area contributed by atoms with Crippen LogP contribution in [0.2, 0.25) is 0 Å². The molecule has 2 aliphatic rings. The Bertz CT molecular complexity index is 466. The van der Waals surface area contributed by atoms with Crippen molar-refractivity contribution in [2.75, 3.05) is 51.3 Å². The first-order chi connectivity index (χ1) is 10.8. The summed E-state index contributed by atoms with van der Waals surface area (Å²) >= 11 is 0. The smallest absolute Gasteiger partial charge is 0.321 e. The maximum atomic E-state index is 12.3. The van der Waals surface area contributed by atoms with Crippen LogP contribution in [0.1, 0.15) is 12.8 Å². The van der Waals surface area contributed by atoms with Gasteiger partial charge in [-0.05, 0) is 30.9 Å². The summed E-state index contributed by atoms with van der Waals surface area (Å²) in [7, 11) is 0. The van der Waals surface area contributed by atoms with Crippen LogP contribution in [0.5, 0.6) is 0 Å². The Kier molecular flexibility index (Phi) is 5.29. The minimum absolute atomic E-state index is 0.0241. The number of urea groups is 1. The van der Waals surface area contributed by atoms with Gasteiger partial charge in [-0.3, -0.25) is 4.90 Å². The Morgan fingerprint density at radius 1 is 1.09 bits per heavy atom. The van der Waals surface area contributed by atoms with E-state index in [0.717, 1.165) is 64.5 Å². The molecule has 1 aromatic rings. The van der Waals surface area contributed by atoms with E-state index in [2.05, 4.69) is 10.2 Å². The van der Waals surface area contributed by atoms with Crippen molar-refractivity contribution in [1.82, 2.24) is 9.80 Å². The highest BCUT2D eigenvalue weighted by Gasteiger charge is 2.24. The van der Waals surface area contributed by atoms with Crippen LogP contribution >= 0.6 is 0 Å². The minimum atomic E-state index is 0.0241. The summed E-state index contributed by atoms with van der Waals surface area (Å²) in [6, 6.07) is 9.68. The lowest BCUT2D eigenvalue weighted by Crippen LogP contribution is -2.45. The summed E-state index contributed by atoms with van der Waals surface area (Å²) < 4.78 is 5.39. The van der Waals surface area contributed by atoms with E-state index in [4.69, 9.17) is 4.74 Å². The van der Waals surface area contributed by atoms with Gasteiger partial charge in [0.2, 0.25) is 0 Å². The molecule has 2 heterocycles. The van der Waals surface area contributed by atoms with E-state index in [1.54, 1.807) is 0 Å². The molecule has 2 amide bonds. The lowest BCUT2D eigenvalue weighted by molar-refractivity contribution is 0.0260. The first-order valence-electron chi connectivity index (χ1n) is 8.22. The highest BCUT2D eigenvalue weighted by molar-refractivity contribution is 5.89. The molecule has 1 aromatic carbocycles. The van der Waals surface area contributed by atoms with Gasteiger partial charge in [-0.25, -0.2) is 4.79 Å². The van der Waals surface area contributed by atoms with Gasteiger partial charge in [0.25, 0.3) is 0 Å². The lowest BCUT2D eigenvalue weighted by Gasteiger charge is -2.36. The average molecular weight is 303 g/mol. The summed E-state index contributed by atoms with van der Waals surface area (Å²) in [4.78, 5) is 16.7. The van der Waals surface area contributed by atoms with Crippen molar-refractivity contribution < 1.29 is 9.53 Å². The summed E-state index contributed by atoms with van der Waals surface area (Å²) in [6.45, 7) is 6.68. The van der Waals surface area contributed by atoms with Gasteiger partial charge in [-0.2, -0.15) is 0 Å². The van der Waals surface area contributed by atoms with Gasteiger partial charge < -0.3 is 15.0 Å². The third-order valence-electron chi connectivity index (χ3n) is 4.55. The molecule has 0 aromatic heterocycles. The number of amides is 2. The Labute approximate surface area is 132 Å². The zero-order chi connectivity index (χ0) is 15.2. The van der Waals surface area contributed by atoms with Crippen LogP contribution in [-0.2, 0) is 4.74 Å². The van der Waals surface area contributed by atoms with Crippen LogP contribution in [0.25, 0.3) is 0 Å². The Morgan fingerprint density at radius 3 is 2.45 bits per heavy atom. The third-order valence-corrected chi connectivity index (χ3v) is 4.55. The number of rotatable bonds is 3. The highest BCUT2D eigenvalue weighted by atomic mass is 16.5. The largest absolute Gasteiger partial charge is 0.379 e. The number of para-hydroxylation sites is 1. The Balaban J connectivity index is 1.42. The normalized spacial score (nSPS) is 20.8. The monoisotopic (exact) mass is 303 g/mol. The minimum Gasteiger partial charge on any atom is -0.379 e. The molecule has 2 fully saturated rings. The van der Waals surface area contributed by atoms with Crippen molar-refractivity contribution in [1.29, 1.82) is 0 Å². The number of hydrogen-bond donors (Lipinski definition) is 1. The first kappa shape index (κ1) is 15.3. The number of piperidine rings is 1. The van der Waals surface area contributed by atoms with Gasteiger partial charge in [-0.1, -0.05) is 18.2 Å². The molecule has 2 saturated heterocycles. The van der Waals surface area contributed by atoms with Crippen molar-refractivity contribution in [3.8, 4) is 0 Å². The van der Waals surface area contributed by atoms with Gasteiger partial charge in [-0.15, -0.1) is 0 Å². The number of nitrogens with zero attached hydrogens (tertiary/aromatic N) is 2. The zero-order valence-electron chi connectivity index (χ0n) is 13.0. The maximum Gasteiger partial charge on any atom is 0.321 e. The number of anilines is 1. The molecule has 1 N–H and O–H groups in total. The molecule has 5 heteroatoms. The van der Waals surface area contributed by atoms with Gasteiger partial charge >= 0.3 is 6.03 Å². The van der Waals surface area contributed by atoms with Crippen molar-refractivity contribution in [3.63, 3.8) is 0 Å². The molecule has 22 heavy (non-hydrogen) atoms. The van der Waals surface area contributed by atoms with Crippen molar-refractivity contribution in [2.45, 2.75) is 12.8 Å². The van der Waals surface area contributed by atoms with Gasteiger partial charge in [0.05, 0.1) is 13.2 Å². The van der Waals surface area contributed by atoms with Crippen LogP contribution in [0, 0.1) is 5.92 Å². The maximum absolute atomic E-state index is 12.3. The summed E-state index contributed by atoms with van der Waals surface area (Å²) in [5.41, 5.74) is 0.864. The summed E-state index contributed by atoms with van der Waals surface area (Å²) in [5.74, 6) is 0.707. The number of benzene rings is 1. The number of nitrogens with one attached hydrogen (secondary N) is 1. The molecule has 0 unspecified atom stereocenters. The van der Waals surface area contributed by atoms with E-state index >= 15 is 0 Å². The second kappa shape index (κ2) is 7.61. The SMILES string of the molecule is O=C(Nc1ccccc1)N1CCC(CN2CCOCC2)CC1. The number of likely N-dealkylation sites (tertiary alicyclic amines) is 1. The Morgan fingerprint density at radius 2 is 1.77 bits per heavy atom. The zero-order valence-corrected chi connectivity index (χ0v) is 13.0. The number of carbonyl (C=O) groups excluding carboxylic acids is 1. The van der Waals surface area contributed by atoms with Crippen molar-refractivity contribution in [3.05, 3.63) is 30.3 Å². The van der Waals surface area contributed by atoms with Crippen molar-refractivity contribution in [2.24, 2.45) is 5.92 Å². The fourth-order valence-corrected chi connectivity index (χ4v) is 3.19. The van der Waals surface area contributed by atoms with Gasteiger partial charge in [0, 0.05) is 38.4 Å². The van der Waals surface area contributed by atoms with E-state index in [9.17, 15) is 4.79 Å². The number of morpholine rings is 1. The van der Waals surface area contributed by atoms with Gasteiger partial charge in [0.1, 0.15) is 0 Å². The molecular weight excluding hydrogens is 278 g/mol. The first-order valence-corrected chi connectivity index (χ1v) is 8.22. The predicted molar refractivity (Wildman–Crippen MR) is 87.0 cm³/mol. The van der Waals surface area contributed by atoms with Crippen LogP contribution < -0.4 is 5.32 Å². The number of carbonyl (C=O) groups is 1. The van der Waals surface area contributed by atoms with E-state index in [1.807, 2.05) is 35.2 Å².